The van der Waals surface area contributed by atoms with Crippen molar-refractivity contribution in [3.8, 4) is 0 Å². The molecule has 1 aliphatic carbocycles. The Labute approximate surface area is 114 Å². The average molecular weight is 264 g/mol. The van der Waals surface area contributed by atoms with E-state index in [-0.39, 0.29) is 5.91 Å². The van der Waals surface area contributed by atoms with Crippen molar-refractivity contribution in [3.63, 3.8) is 0 Å². The second-order valence-electron chi connectivity index (χ2n) is 5.03. The van der Waals surface area contributed by atoms with Gasteiger partial charge in [0.15, 0.2) is 0 Å². The summed E-state index contributed by atoms with van der Waals surface area (Å²) in [6.45, 7) is 6.48. The van der Waals surface area contributed by atoms with Crippen molar-refractivity contribution in [2.75, 3.05) is 13.1 Å². The molecule has 1 aliphatic rings. The number of nitrogens with one attached hydrogen (secondary N) is 2. The summed E-state index contributed by atoms with van der Waals surface area (Å²) in [6, 6.07) is 2.63. The lowest BCUT2D eigenvalue weighted by Crippen LogP contribution is -2.29. The molecule has 106 valence electrons. The monoisotopic (exact) mass is 264 g/mol. The lowest BCUT2D eigenvalue weighted by Gasteiger charge is -2.07. The molecule has 1 amide bonds. The zero-order valence-electron chi connectivity index (χ0n) is 11.9. The molecule has 1 aromatic heterocycles. The molecule has 2 N–H and O–H groups in total. The second kappa shape index (κ2) is 6.70. The molecule has 1 fully saturated rings. The summed E-state index contributed by atoms with van der Waals surface area (Å²) in [5.41, 5.74) is 1.65. The van der Waals surface area contributed by atoms with Gasteiger partial charge >= 0.3 is 0 Å². The lowest BCUT2D eigenvalue weighted by atomic mass is 10.3. The number of amides is 1. The van der Waals surface area contributed by atoms with E-state index >= 15 is 0 Å². The van der Waals surface area contributed by atoms with Crippen LogP contribution >= 0.6 is 0 Å². The molecule has 5 heteroatoms. The smallest absolute Gasteiger partial charge is 0.269 e. The van der Waals surface area contributed by atoms with E-state index in [0.29, 0.717) is 5.69 Å². The van der Waals surface area contributed by atoms with Crippen molar-refractivity contribution in [2.24, 2.45) is 0 Å². The van der Waals surface area contributed by atoms with Crippen molar-refractivity contribution >= 4 is 5.91 Å². The Morgan fingerprint density at radius 1 is 1.42 bits per heavy atom. The third-order valence-corrected chi connectivity index (χ3v) is 3.37. The van der Waals surface area contributed by atoms with Crippen LogP contribution in [0.4, 0.5) is 0 Å². The van der Waals surface area contributed by atoms with Gasteiger partial charge in [-0.05, 0) is 45.2 Å². The highest BCUT2D eigenvalue weighted by molar-refractivity contribution is 5.92. The maximum absolute atomic E-state index is 12.1. The first kappa shape index (κ1) is 14.1. The van der Waals surface area contributed by atoms with Crippen LogP contribution in [0.25, 0.3) is 0 Å². The number of hydrogen-bond donors (Lipinski definition) is 2. The minimum Gasteiger partial charge on any atom is -0.351 e. The highest BCUT2D eigenvalue weighted by atomic mass is 16.2. The fourth-order valence-electron chi connectivity index (χ4n) is 2.04. The maximum atomic E-state index is 12.1. The number of hydrogen-bond acceptors (Lipinski definition) is 3. The minimum atomic E-state index is -0.0135. The average Bonchev–Trinajstić information content (AvgIpc) is 3.15. The van der Waals surface area contributed by atoms with Gasteiger partial charge in [0.05, 0.1) is 5.69 Å². The Hall–Kier alpha value is -1.36. The molecular weight excluding hydrogens is 240 g/mol. The fourth-order valence-corrected chi connectivity index (χ4v) is 2.04. The molecular formula is C14H24N4O. The summed E-state index contributed by atoms with van der Waals surface area (Å²) in [5, 5.41) is 10.8. The van der Waals surface area contributed by atoms with Crippen LogP contribution in [0, 0.1) is 0 Å². The van der Waals surface area contributed by atoms with Gasteiger partial charge in [-0.15, -0.1) is 0 Å². The molecule has 0 bridgehead atoms. The van der Waals surface area contributed by atoms with E-state index in [4.69, 9.17) is 0 Å². The highest BCUT2D eigenvalue weighted by Gasteiger charge is 2.19. The third kappa shape index (κ3) is 4.06. The summed E-state index contributed by atoms with van der Waals surface area (Å²) in [5.74, 6) is -0.0135. The van der Waals surface area contributed by atoms with Crippen molar-refractivity contribution in [1.82, 2.24) is 20.4 Å². The van der Waals surface area contributed by atoms with Crippen LogP contribution < -0.4 is 10.6 Å². The normalized spacial score (nSPS) is 14.6. The Balaban J connectivity index is 1.76. The predicted octanol–water partition coefficient (Wildman–Crippen LogP) is 1.34. The van der Waals surface area contributed by atoms with Gasteiger partial charge in [-0.1, -0.05) is 6.92 Å². The van der Waals surface area contributed by atoms with Crippen LogP contribution in [0.15, 0.2) is 6.07 Å². The van der Waals surface area contributed by atoms with Crippen LogP contribution in [0.1, 0.15) is 49.3 Å². The predicted molar refractivity (Wildman–Crippen MR) is 75.3 cm³/mol. The summed E-state index contributed by atoms with van der Waals surface area (Å²) in [4.78, 5) is 12.1. The van der Waals surface area contributed by atoms with Gasteiger partial charge < -0.3 is 10.6 Å². The van der Waals surface area contributed by atoms with Crippen LogP contribution in [-0.2, 0) is 13.0 Å². The molecule has 0 aromatic carbocycles. The van der Waals surface area contributed by atoms with Gasteiger partial charge in [0.25, 0.3) is 5.91 Å². The molecule has 0 spiro atoms. The van der Waals surface area contributed by atoms with E-state index in [1.165, 1.54) is 12.8 Å². The Kier molecular flexibility index (Phi) is 4.96. The number of carbonyl (C=O) groups excluding carboxylic acids is 1. The first-order chi connectivity index (χ1) is 9.24. The second-order valence-corrected chi connectivity index (χ2v) is 5.03. The van der Waals surface area contributed by atoms with Crippen molar-refractivity contribution < 1.29 is 4.79 Å². The van der Waals surface area contributed by atoms with Crippen LogP contribution in [0.3, 0.4) is 0 Å². The number of nitrogens with zero attached hydrogens (tertiary/aromatic N) is 2. The van der Waals surface area contributed by atoms with E-state index < -0.39 is 0 Å². The van der Waals surface area contributed by atoms with E-state index in [1.807, 2.05) is 19.9 Å². The molecule has 0 atom stereocenters. The largest absolute Gasteiger partial charge is 0.351 e. The first-order valence-electron chi connectivity index (χ1n) is 7.32. The van der Waals surface area contributed by atoms with Gasteiger partial charge in [-0.3, -0.25) is 9.48 Å². The molecule has 0 aliphatic heterocycles. The highest BCUT2D eigenvalue weighted by Crippen LogP contribution is 2.18. The Morgan fingerprint density at radius 3 is 2.84 bits per heavy atom. The third-order valence-electron chi connectivity index (χ3n) is 3.37. The molecule has 1 saturated carbocycles. The molecule has 2 rings (SSSR count). The van der Waals surface area contributed by atoms with E-state index in [9.17, 15) is 4.79 Å². The van der Waals surface area contributed by atoms with Crippen LogP contribution in [0.2, 0.25) is 0 Å². The summed E-state index contributed by atoms with van der Waals surface area (Å²) < 4.78 is 1.77. The van der Waals surface area contributed by atoms with Crippen molar-refractivity contribution in [2.45, 2.75) is 52.1 Å². The van der Waals surface area contributed by atoms with E-state index in [1.54, 1.807) is 4.68 Å². The molecule has 19 heavy (non-hydrogen) atoms. The standard InChI is InChI=1S/C14H24N4O/c1-3-11-10-13(18(4-2)17-11)14(19)16-9-5-8-15-12-6-7-12/h10,12,15H,3-9H2,1-2H3,(H,16,19). The van der Waals surface area contributed by atoms with Crippen molar-refractivity contribution in [1.29, 1.82) is 0 Å². The Bertz CT molecular complexity index is 423. The van der Waals surface area contributed by atoms with Crippen molar-refractivity contribution in [3.05, 3.63) is 17.5 Å². The van der Waals surface area contributed by atoms with Crippen LogP contribution in [-0.4, -0.2) is 34.8 Å². The summed E-state index contributed by atoms with van der Waals surface area (Å²) >= 11 is 0. The number of aryl methyl sites for hydroxylation is 2. The van der Waals surface area contributed by atoms with Gasteiger partial charge in [0.1, 0.15) is 5.69 Å². The topological polar surface area (TPSA) is 59.0 Å². The SMILES string of the molecule is CCc1cc(C(=O)NCCCNC2CC2)n(CC)n1. The summed E-state index contributed by atoms with van der Waals surface area (Å²) in [6.07, 6.45) is 4.45. The first-order valence-corrected chi connectivity index (χ1v) is 7.32. The summed E-state index contributed by atoms with van der Waals surface area (Å²) in [7, 11) is 0. The van der Waals surface area contributed by atoms with E-state index in [0.717, 1.165) is 44.2 Å². The molecule has 0 unspecified atom stereocenters. The number of aromatic nitrogens is 2. The number of rotatable bonds is 8. The Morgan fingerprint density at radius 2 is 2.21 bits per heavy atom. The van der Waals surface area contributed by atoms with Gasteiger partial charge in [-0.2, -0.15) is 5.10 Å². The molecule has 5 nitrogen and oxygen atoms in total. The molecule has 0 saturated heterocycles. The zero-order chi connectivity index (χ0) is 13.7. The molecule has 0 radical (unpaired) electrons. The van der Waals surface area contributed by atoms with Gasteiger partial charge in [0.2, 0.25) is 0 Å². The quantitative estimate of drug-likeness (QED) is 0.697. The van der Waals surface area contributed by atoms with Gasteiger partial charge in [-0.25, -0.2) is 0 Å². The minimum absolute atomic E-state index is 0.0135. The molecule has 1 aromatic rings. The zero-order valence-corrected chi connectivity index (χ0v) is 11.9. The fraction of sp³-hybridized carbons (Fsp3) is 0.714. The number of carbonyl (C=O) groups is 1. The van der Waals surface area contributed by atoms with Gasteiger partial charge in [0, 0.05) is 19.1 Å². The lowest BCUT2D eigenvalue weighted by molar-refractivity contribution is 0.0942. The van der Waals surface area contributed by atoms with E-state index in [2.05, 4.69) is 15.7 Å². The molecule has 1 heterocycles. The van der Waals surface area contributed by atoms with Crippen LogP contribution in [0.5, 0.6) is 0 Å². The maximum Gasteiger partial charge on any atom is 0.269 e.